The molecule has 0 saturated heterocycles. The second-order valence-corrected chi connectivity index (χ2v) is 4.98. The number of nitrogens with zero attached hydrogens (tertiary/aromatic N) is 1. The highest BCUT2D eigenvalue weighted by atomic mass is 16.5. The van der Waals surface area contributed by atoms with Gasteiger partial charge >= 0.3 is 0 Å². The number of benzene rings is 1. The lowest BCUT2D eigenvalue weighted by molar-refractivity contribution is 0.297. The molecule has 0 heterocycles. The van der Waals surface area contributed by atoms with Crippen LogP contribution in [0.25, 0.3) is 0 Å². The Bertz CT molecular complexity index is 403. The lowest BCUT2D eigenvalue weighted by Gasteiger charge is -2.32. The summed E-state index contributed by atoms with van der Waals surface area (Å²) < 4.78 is 5.55. The van der Waals surface area contributed by atoms with Crippen molar-refractivity contribution in [3.05, 3.63) is 18.2 Å². The third-order valence-corrected chi connectivity index (χ3v) is 3.76. The average Bonchev–Trinajstić information content (AvgIpc) is 2.93. The fourth-order valence-electron chi connectivity index (χ4n) is 2.89. The van der Waals surface area contributed by atoms with Gasteiger partial charge in [0.25, 0.3) is 0 Å². The Hall–Kier alpha value is -1.42. The Labute approximate surface area is 115 Å². The number of nitrogens with two attached hydrogens (primary N) is 1. The summed E-state index contributed by atoms with van der Waals surface area (Å²) in [5.74, 6) is 0.737. The van der Waals surface area contributed by atoms with Crippen LogP contribution in [0.5, 0.6) is 5.75 Å². The number of aliphatic hydroxyl groups is 1. The van der Waals surface area contributed by atoms with Crippen LogP contribution in [0.4, 0.5) is 11.4 Å². The molecule has 1 aliphatic rings. The Morgan fingerprint density at radius 2 is 2.11 bits per heavy atom. The first-order chi connectivity index (χ1) is 9.27. The van der Waals surface area contributed by atoms with Crippen molar-refractivity contribution < 1.29 is 9.84 Å². The van der Waals surface area contributed by atoms with Crippen molar-refractivity contribution in [2.75, 3.05) is 30.4 Å². The van der Waals surface area contributed by atoms with E-state index >= 15 is 0 Å². The molecule has 1 aromatic rings. The number of hydrogen-bond acceptors (Lipinski definition) is 4. The summed E-state index contributed by atoms with van der Waals surface area (Å²) >= 11 is 0. The van der Waals surface area contributed by atoms with Crippen LogP contribution in [0.2, 0.25) is 0 Å². The first kappa shape index (κ1) is 14.0. The maximum absolute atomic E-state index is 9.31. The van der Waals surface area contributed by atoms with E-state index in [-0.39, 0.29) is 6.61 Å². The first-order valence-electron chi connectivity index (χ1n) is 7.16. The lowest BCUT2D eigenvalue weighted by Crippen LogP contribution is -2.36. The Balaban J connectivity index is 2.27. The number of anilines is 2. The largest absolute Gasteiger partial charge is 0.492 e. The smallest absolute Gasteiger partial charge is 0.144 e. The fraction of sp³-hybridized carbons (Fsp3) is 0.600. The van der Waals surface area contributed by atoms with E-state index in [1.807, 2.05) is 25.1 Å². The van der Waals surface area contributed by atoms with Crippen LogP contribution in [0.15, 0.2) is 18.2 Å². The van der Waals surface area contributed by atoms with Gasteiger partial charge in [-0.25, -0.2) is 0 Å². The maximum atomic E-state index is 9.31. The topological polar surface area (TPSA) is 58.7 Å². The van der Waals surface area contributed by atoms with E-state index < -0.39 is 0 Å². The monoisotopic (exact) mass is 264 g/mol. The minimum atomic E-state index is 0.148. The van der Waals surface area contributed by atoms with Gasteiger partial charge in [0.05, 0.1) is 24.6 Å². The van der Waals surface area contributed by atoms with Gasteiger partial charge in [0, 0.05) is 12.6 Å². The highest BCUT2D eigenvalue weighted by Gasteiger charge is 2.24. The summed E-state index contributed by atoms with van der Waals surface area (Å²) in [4.78, 5) is 2.24. The van der Waals surface area contributed by atoms with E-state index in [2.05, 4.69) is 4.90 Å². The fourth-order valence-corrected chi connectivity index (χ4v) is 2.89. The number of aliphatic hydroxyl groups excluding tert-OH is 1. The van der Waals surface area contributed by atoms with Crippen molar-refractivity contribution in [3.63, 3.8) is 0 Å². The van der Waals surface area contributed by atoms with Gasteiger partial charge in [0.2, 0.25) is 0 Å². The van der Waals surface area contributed by atoms with Crippen molar-refractivity contribution in [2.45, 2.75) is 38.6 Å². The summed E-state index contributed by atoms with van der Waals surface area (Å²) in [6, 6.07) is 6.38. The standard InChI is InChI=1S/C15H24N2O2/c1-2-19-14-9-5-8-13(15(14)16)17(10-11-18)12-6-3-4-7-12/h5,8-9,12,18H,2-4,6-7,10-11,16H2,1H3. The normalized spacial score (nSPS) is 15.7. The molecule has 0 aliphatic heterocycles. The molecule has 1 aromatic carbocycles. The summed E-state index contributed by atoms with van der Waals surface area (Å²) in [6.07, 6.45) is 4.88. The molecule has 1 saturated carbocycles. The van der Waals surface area contributed by atoms with Crippen LogP contribution in [-0.4, -0.2) is 30.9 Å². The third kappa shape index (κ3) is 3.13. The first-order valence-corrected chi connectivity index (χ1v) is 7.16. The minimum Gasteiger partial charge on any atom is -0.492 e. The van der Waals surface area contributed by atoms with Crippen molar-refractivity contribution in [1.29, 1.82) is 0 Å². The highest BCUT2D eigenvalue weighted by molar-refractivity contribution is 5.74. The second-order valence-electron chi connectivity index (χ2n) is 4.98. The van der Waals surface area contributed by atoms with Crippen LogP contribution in [0, 0.1) is 0 Å². The van der Waals surface area contributed by atoms with Crippen molar-refractivity contribution in [2.24, 2.45) is 0 Å². The van der Waals surface area contributed by atoms with Crippen LogP contribution in [0.1, 0.15) is 32.6 Å². The Morgan fingerprint density at radius 3 is 2.74 bits per heavy atom. The summed E-state index contributed by atoms with van der Waals surface area (Å²) in [5, 5.41) is 9.31. The van der Waals surface area contributed by atoms with Crippen LogP contribution in [-0.2, 0) is 0 Å². The van der Waals surface area contributed by atoms with E-state index in [1.54, 1.807) is 0 Å². The predicted molar refractivity (Wildman–Crippen MR) is 78.7 cm³/mol. The molecule has 1 fully saturated rings. The number of para-hydroxylation sites is 1. The summed E-state index contributed by atoms with van der Waals surface area (Å²) in [5.41, 5.74) is 7.90. The molecular weight excluding hydrogens is 240 g/mol. The van der Waals surface area contributed by atoms with Gasteiger partial charge < -0.3 is 20.5 Å². The Morgan fingerprint density at radius 1 is 1.37 bits per heavy atom. The molecule has 0 spiro atoms. The molecule has 106 valence electrons. The molecule has 19 heavy (non-hydrogen) atoms. The van der Waals surface area contributed by atoms with Crippen LogP contribution >= 0.6 is 0 Å². The molecular formula is C15H24N2O2. The third-order valence-electron chi connectivity index (χ3n) is 3.76. The molecule has 0 unspecified atom stereocenters. The predicted octanol–water partition coefficient (Wildman–Crippen LogP) is 2.41. The zero-order chi connectivity index (χ0) is 13.7. The van der Waals surface area contributed by atoms with Crippen molar-refractivity contribution in [3.8, 4) is 5.75 Å². The molecule has 0 radical (unpaired) electrons. The molecule has 4 nitrogen and oxygen atoms in total. The molecule has 0 atom stereocenters. The van der Waals surface area contributed by atoms with Gasteiger partial charge in [-0.2, -0.15) is 0 Å². The van der Waals surface area contributed by atoms with E-state index in [9.17, 15) is 5.11 Å². The average molecular weight is 264 g/mol. The minimum absolute atomic E-state index is 0.148. The van der Waals surface area contributed by atoms with Crippen molar-refractivity contribution in [1.82, 2.24) is 0 Å². The lowest BCUT2D eigenvalue weighted by atomic mass is 10.1. The van der Waals surface area contributed by atoms with Crippen molar-refractivity contribution >= 4 is 11.4 Å². The van der Waals surface area contributed by atoms with Gasteiger partial charge in [-0.3, -0.25) is 0 Å². The second kappa shape index (κ2) is 6.66. The number of hydrogen-bond donors (Lipinski definition) is 2. The van der Waals surface area contributed by atoms with Crippen LogP contribution in [0.3, 0.4) is 0 Å². The van der Waals surface area contributed by atoms with Gasteiger partial charge in [0.1, 0.15) is 5.75 Å². The molecule has 1 aliphatic carbocycles. The zero-order valence-electron chi connectivity index (χ0n) is 11.6. The molecule has 3 N–H and O–H groups in total. The molecule has 4 heteroatoms. The number of ether oxygens (including phenoxy) is 1. The van der Waals surface area contributed by atoms with Gasteiger partial charge in [-0.15, -0.1) is 0 Å². The number of rotatable bonds is 6. The Kier molecular flexibility index (Phi) is 4.91. The highest BCUT2D eigenvalue weighted by Crippen LogP contribution is 2.36. The van der Waals surface area contributed by atoms with E-state index in [4.69, 9.17) is 10.5 Å². The zero-order valence-corrected chi connectivity index (χ0v) is 11.6. The van der Waals surface area contributed by atoms with E-state index in [0.29, 0.717) is 24.9 Å². The number of nitrogen functional groups attached to an aromatic ring is 1. The quantitative estimate of drug-likeness (QED) is 0.775. The maximum Gasteiger partial charge on any atom is 0.144 e. The molecule has 2 rings (SSSR count). The SMILES string of the molecule is CCOc1cccc(N(CCO)C2CCCC2)c1N. The summed E-state index contributed by atoms with van der Waals surface area (Å²) in [7, 11) is 0. The molecule has 0 aromatic heterocycles. The van der Waals surface area contributed by atoms with Gasteiger partial charge in [-0.1, -0.05) is 18.9 Å². The van der Waals surface area contributed by atoms with E-state index in [1.165, 1.54) is 25.7 Å². The summed E-state index contributed by atoms with van der Waals surface area (Å²) in [6.45, 7) is 3.34. The van der Waals surface area contributed by atoms with Gasteiger partial charge in [0.15, 0.2) is 0 Å². The molecule has 0 amide bonds. The molecule has 0 bridgehead atoms. The van der Waals surface area contributed by atoms with Gasteiger partial charge in [-0.05, 0) is 31.9 Å². The van der Waals surface area contributed by atoms with E-state index in [0.717, 1.165) is 11.4 Å². The van der Waals surface area contributed by atoms with Crippen LogP contribution < -0.4 is 15.4 Å².